The van der Waals surface area contributed by atoms with E-state index >= 15 is 0 Å². The second kappa shape index (κ2) is 7.45. The molecule has 2 aromatic rings. The molecule has 7 nitrogen and oxygen atoms in total. The predicted octanol–water partition coefficient (Wildman–Crippen LogP) is 2.47. The second-order valence-electron chi connectivity index (χ2n) is 5.51. The summed E-state index contributed by atoms with van der Waals surface area (Å²) < 4.78 is 25.5. The Morgan fingerprint density at radius 2 is 1.72 bits per heavy atom. The predicted molar refractivity (Wildman–Crippen MR) is 96.5 cm³/mol. The van der Waals surface area contributed by atoms with Gasteiger partial charge in [0.1, 0.15) is 0 Å². The molecule has 2 rings (SSSR count). The number of carboxylic acid groups (broad SMARTS) is 1. The highest BCUT2D eigenvalue weighted by molar-refractivity contribution is 7.89. The molecule has 0 atom stereocenters. The highest BCUT2D eigenvalue weighted by Crippen LogP contribution is 2.16. The maximum atomic E-state index is 12.2. The van der Waals surface area contributed by atoms with Crippen molar-refractivity contribution in [3.05, 3.63) is 59.7 Å². The van der Waals surface area contributed by atoms with Gasteiger partial charge in [-0.05, 0) is 48.9 Å². The van der Waals surface area contributed by atoms with E-state index in [4.69, 9.17) is 5.11 Å². The Bertz CT molecular complexity index is 904. The average Bonchev–Trinajstić information content (AvgIpc) is 2.60. The maximum Gasteiger partial charge on any atom is 0.335 e. The molecule has 0 spiro atoms. The summed E-state index contributed by atoms with van der Waals surface area (Å²) in [7, 11) is -0.556. The van der Waals surface area contributed by atoms with Gasteiger partial charge in [0.25, 0.3) is 0 Å². The van der Waals surface area contributed by atoms with Crippen LogP contribution in [0, 0.1) is 0 Å². The molecule has 25 heavy (non-hydrogen) atoms. The quantitative estimate of drug-likeness (QED) is 0.608. The van der Waals surface area contributed by atoms with Crippen molar-refractivity contribution in [2.24, 2.45) is 5.10 Å². The third-order valence-electron chi connectivity index (χ3n) is 3.51. The lowest BCUT2D eigenvalue weighted by Crippen LogP contribution is -2.22. The van der Waals surface area contributed by atoms with Gasteiger partial charge in [-0.15, -0.1) is 0 Å². The van der Waals surface area contributed by atoms with Gasteiger partial charge in [0, 0.05) is 14.1 Å². The smallest absolute Gasteiger partial charge is 0.335 e. The topological polar surface area (TPSA) is 99.1 Å². The molecule has 0 radical (unpaired) electrons. The lowest BCUT2D eigenvalue weighted by molar-refractivity contribution is 0.0697. The van der Waals surface area contributed by atoms with Crippen molar-refractivity contribution >= 4 is 27.4 Å². The van der Waals surface area contributed by atoms with Crippen LogP contribution < -0.4 is 5.43 Å². The zero-order chi connectivity index (χ0) is 18.6. The van der Waals surface area contributed by atoms with E-state index in [0.29, 0.717) is 17.0 Å². The third kappa shape index (κ3) is 4.43. The van der Waals surface area contributed by atoms with Crippen LogP contribution in [0.1, 0.15) is 22.8 Å². The molecular formula is C17H19N3O4S. The minimum absolute atomic E-state index is 0.188. The van der Waals surface area contributed by atoms with Crippen molar-refractivity contribution in [2.45, 2.75) is 11.8 Å². The molecule has 0 heterocycles. The van der Waals surface area contributed by atoms with Crippen LogP contribution in [0.15, 0.2) is 58.5 Å². The van der Waals surface area contributed by atoms with Gasteiger partial charge in [0.2, 0.25) is 10.0 Å². The summed E-state index contributed by atoms with van der Waals surface area (Å²) in [5.74, 6) is -0.995. The minimum Gasteiger partial charge on any atom is -0.478 e. The fourth-order valence-electron chi connectivity index (χ4n) is 1.99. The molecule has 8 heteroatoms. The molecule has 0 aromatic heterocycles. The van der Waals surface area contributed by atoms with E-state index in [-0.39, 0.29) is 10.5 Å². The summed E-state index contributed by atoms with van der Waals surface area (Å²) >= 11 is 0. The zero-order valence-corrected chi connectivity index (χ0v) is 14.9. The third-order valence-corrected chi connectivity index (χ3v) is 5.33. The Kier molecular flexibility index (Phi) is 5.55. The molecular weight excluding hydrogens is 342 g/mol. The number of rotatable bonds is 6. The van der Waals surface area contributed by atoms with Crippen molar-refractivity contribution in [1.29, 1.82) is 0 Å². The maximum absolute atomic E-state index is 12.2. The molecule has 2 N–H and O–H groups in total. The lowest BCUT2D eigenvalue weighted by atomic mass is 10.1. The first-order valence-electron chi connectivity index (χ1n) is 7.38. The number of hydrogen-bond acceptors (Lipinski definition) is 5. The number of carbonyl (C=O) groups is 1. The van der Waals surface area contributed by atoms with Gasteiger partial charge >= 0.3 is 5.97 Å². The fraction of sp³-hybridized carbons (Fsp3) is 0.176. The van der Waals surface area contributed by atoms with E-state index in [1.54, 1.807) is 37.3 Å². The van der Waals surface area contributed by atoms with Gasteiger partial charge in [0.05, 0.1) is 21.9 Å². The van der Waals surface area contributed by atoms with Crippen molar-refractivity contribution in [3.8, 4) is 0 Å². The van der Waals surface area contributed by atoms with Crippen LogP contribution in [-0.4, -0.2) is 43.6 Å². The van der Waals surface area contributed by atoms with Gasteiger partial charge in [0.15, 0.2) is 0 Å². The molecule has 0 aliphatic heterocycles. The molecule has 132 valence electrons. The summed E-state index contributed by atoms with van der Waals surface area (Å²) in [6, 6.07) is 12.7. The number of hydrogen-bond donors (Lipinski definition) is 2. The molecule has 0 saturated carbocycles. The van der Waals surface area contributed by atoms with E-state index < -0.39 is 16.0 Å². The fourth-order valence-corrected chi connectivity index (χ4v) is 2.94. The number of anilines is 1. The molecule has 0 saturated heterocycles. The zero-order valence-electron chi connectivity index (χ0n) is 14.1. The summed E-state index contributed by atoms with van der Waals surface area (Å²) in [5, 5.41) is 13.1. The van der Waals surface area contributed by atoms with Crippen LogP contribution >= 0.6 is 0 Å². The van der Waals surface area contributed by atoms with Gasteiger partial charge in [-0.1, -0.05) is 12.1 Å². The van der Waals surface area contributed by atoms with Crippen molar-refractivity contribution in [3.63, 3.8) is 0 Å². The van der Waals surface area contributed by atoms with Gasteiger partial charge < -0.3 is 5.11 Å². The first kappa shape index (κ1) is 18.6. The van der Waals surface area contributed by atoms with Gasteiger partial charge in [-0.3, -0.25) is 5.43 Å². The number of nitrogens with one attached hydrogen (secondary N) is 1. The van der Waals surface area contributed by atoms with Crippen LogP contribution in [0.5, 0.6) is 0 Å². The first-order chi connectivity index (χ1) is 11.7. The van der Waals surface area contributed by atoms with Crippen LogP contribution in [0.4, 0.5) is 5.69 Å². The van der Waals surface area contributed by atoms with Crippen molar-refractivity contribution in [2.75, 3.05) is 19.5 Å². The van der Waals surface area contributed by atoms with E-state index in [1.807, 2.05) is 0 Å². The molecule has 0 unspecified atom stereocenters. The summed E-state index contributed by atoms with van der Waals surface area (Å²) in [6.45, 7) is 1.75. The average molecular weight is 361 g/mol. The van der Waals surface area contributed by atoms with Crippen molar-refractivity contribution in [1.82, 2.24) is 4.31 Å². The number of nitrogens with zero attached hydrogens (tertiary/aromatic N) is 2. The highest BCUT2D eigenvalue weighted by atomic mass is 32.2. The Balaban J connectivity index is 2.21. The Morgan fingerprint density at radius 1 is 1.08 bits per heavy atom. The van der Waals surface area contributed by atoms with Crippen LogP contribution in [0.2, 0.25) is 0 Å². The SMILES string of the molecule is CC(=NNc1ccc(C(=O)O)cc1)c1cccc(S(=O)(=O)N(C)C)c1. The highest BCUT2D eigenvalue weighted by Gasteiger charge is 2.17. The largest absolute Gasteiger partial charge is 0.478 e. The van der Waals surface area contributed by atoms with Gasteiger partial charge in [-0.2, -0.15) is 5.10 Å². The lowest BCUT2D eigenvalue weighted by Gasteiger charge is -2.12. The summed E-state index contributed by atoms with van der Waals surface area (Å²) in [6.07, 6.45) is 0. The molecule has 0 aliphatic rings. The number of aromatic carboxylic acids is 1. The normalized spacial score (nSPS) is 12.2. The van der Waals surface area contributed by atoms with E-state index in [1.165, 1.54) is 32.3 Å². The molecule has 0 bridgehead atoms. The summed E-state index contributed by atoms with van der Waals surface area (Å²) in [4.78, 5) is 11.0. The van der Waals surface area contributed by atoms with E-state index in [0.717, 1.165) is 4.31 Å². The first-order valence-corrected chi connectivity index (χ1v) is 8.82. The van der Waals surface area contributed by atoms with E-state index in [2.05, 4.69) is 10.5 Å². The van der Waals surface area contributed by atoms with Gasteiger partial charge in [-0.25, -0.2) is 17.5 Å². The monoisotopic (exact) mass is 361 g/mol. The Morgan fingerprint density at radius 3 is 2.28 bits per heavy atom. The standard InChI is InChI=1S/C17H19N3O4S/c1-12(18-19-15-9-7-13(8-10-15)17(21)22)14-5-4-6-16(11-14)25(23,24)20(2)3/h4-11,19H,1-3H3,(H,21,22). The minimum atomic E-state index is -3.51. The number of sulfonamides is 1. The second-order valence-corrected chi connectivity index (χ2v) is 7.66. The number of hydrazone groups is 1. The summed E-state index contributed by atoms with van der Waals surface area (Å²) in [5.41, 5.74) is 4.90. The number of benzene rings is 2. The van der Waals surface area contributed by atoms with Crippen LogP contribution in [0.25, 0.3) is 0 Å². The molecule has 0 aliphatic carbocycles. The molecule has 0 fully saturated rings. The van der Waals surface area contributed by atoms with Crippen LogP contribution in [0.3, 0.4) is 0 Å². The Labute approximate surface area is 146 Å². The van der Waals surface area contributed by atoms with Crippen LogP contribution in [-0.2, 0) is 10.0 Å². The Hall–Kier alpha value is -2.71. The molecule has 0 amide bonds. The van der Waals surface area contributed by atoms with Crippen molar-refractivity contribution < 1.29 is 18.3 Å². The number of carboxylic acids is 1. The molecule has 2 aromatic carbocycles. The van der Waals surface area contributed by atoms with E-state index in [9.17, 15) is 13.2 Å².